The molecule has 0 aromatic rings. The van der Waals surface area contributed by atoms with Crippen molar-refractivity contribution in [2.75, 3.05) is 19.5 Å². The van der Waals surface area contributed by atoms with Crippen LogP contribution < -0.4 is 5.32 Å². The lowest BCUT2D eigenvalue weighted by Gasteiger charge is -2.14. The number of ether oxygens (including phenoxy) is 1. The molecule has 0 aromatic heterocycles. The van der Waals surface area contributed by atoms with Crippen molar-refractivity contribution in [3.8, 4) is 0 Å². The molecule has 0 aromatic carbocycles. The SMILES string of the molecule is CCC(COC)NC(=O)CS. The second kappa shape index (κ2) is 6.49. The highest BCUT2D eigenvalue weighted by Crippen LogP contribution is 1.91. The Bertz CT molecular complexity index is 119. The highest BCUT2D eigenvalue weighted by molar-refractivity contribution is 7.81. The second-order valence-electron chi connectivity index (χ2n) is 2.29. The Hall–Kier alpha value is -0.220. The average Bonchev–Trinajstić information content (AvgIpc) is 2.03. The van der Waals surface area contributed by atoms with Crippen LogP contribution >= 0.6 is 12.6 Å². The molecule has 66 valence electrons. The molecule has 0 fully saturated rings. The van der Waals surface area contributed by atoms with Crippen LogP contribution in [0.1, 0.15) is 13.3 Å². The van der Waals surface area contributed by atoms with Gasteiger partial charge in [-0.1, -0.05) is 6.92 Å². The molecule has 0 rings (SSSR count). The van der Waals surface area contributed by atoms with Gasteiger partial charge in [0.05, 0.1) is 18.4 Å². The first-order valence-electron chi connectivity index (χ1n) is 3.63. The molecule has 0 heterocycles. The Morgan fingerprint density at radius 1 is 1.73 bits per heavy atom. The Labute approximate surface area is 72.9 Å². The van der Waals surface area contributed by atoms with E-state index in [4.69, 9.17) is 4.74 Å². The first kappa shape index (κ1) is 10.8. The van der Waals surface area contributed by atoms with Crippen LogP contribution in [0.25, 0.3) is 0 Å². The van der Waals surface area contributed by atoms with Gasteiger partial charge in [-0.05, 0) is 6.42 Å². The molecule has 3 nitrogen and oxygen atoms in total. The minimum atomic E-state index is -0.0442. The van der Waals surface area contributed by atoms with E-state index < -0.39 is 0 Å². The zero-order valence-corrected chi connectivity index (χ0v) is 7.86. The molecule has 0 aliphatic heterocycles. The Balaban J connectivity index is 3.58. The molecule has 4 heteroatoms. The predicted octanol–water partition coefficient (Wildman–Crippen LogP) is 0.457. The van der Waals surface area contributed by atoms with E-state index in [-0.39, 0.29) is 17.7 Å². The smallest absolute Gasteiger partial charge is 0.230 e. The van der Waals surface area contributed by atoms with Gasteiger partial charge < -0.3 is 10.1 Å². The van der Waals surface area contributed by atoms with Crippen LogP contribution in [0.5, 0.6) is 0 Å². The third-order valence-corrected chi connectivity index (χ3v) is 1.66. The molecule has 0 aliphatic carbocycles. The molecule has 11 heavy (non-hydrogen) atoms. The highest BCUT2D eigenvalue weighted by Gasteiger charge is 2.07. The van der Waals surface area contributed by atoms with Crippen LogP contribution in [-0.2, 0) is 9.53 Å². The van der Waals surface area contributed by atoms with Gasteiger partial charge in [0.1, 0.15) is 0 Å². The largest absolute Gasteiger partial charge is 0.383 e. The van der Waals surface area contributed by atoms with Crippen molar-refractivity contribution in [1.29, 1.82) is 0 Å². The summed E-state index contributed by atoms with van der Waals surface area (Å²) in [5.41, 5.74) is 0. The molecule has 1 N–H and O–H groups in total. The van der Waals surface area contributed by atoms with Gasteiger partial charge >= 0.3 is 0 Å². The Kier molecular flexibility index (Phi) is 6.36. The number of hydrogen-bond acceptors (Lipinski definition) is 3. The molecule has 0 saturated carbocycles. The van der Waals surface area contributed by atoms with Crippen LogP contribution in [0, 0.1) is 0 Å². The van der Waals surface area contributed by atoms with Crippen molar-refractivity contribution in [3.05, 3.63) is 0 Å². The average molecular weight is 177 g/mol. The molecule has 1 atom stereocenters. The van der Waals surface area contributed by atoms with E-state index in [9.17, 15) is 4.79 Å². The quantitative estimate of drug-likeness (QED) is 0.599. The monoisotopic (exact) mass is 177 g/mol. The fourth-order valence-electron chi connectivity index (χ4n) is 0.736. The Morgan fingerprint density at radius 2 is 2.36 bits per heavy atom. The van der Waals surface area contributed by atoms with E-state index in [2.05, 4.69) is 17.9 Å². The number of carbonyl (C=O) groups is 1. The number of thiol groups is 1. The minimum Gasteiger partial charge on any atom is -0.383 e. The van der Waals surface area contributed by atoms with Crippen LogP contribution in [0.2, 0.25) is 0 Å². The molecule has 1 unspecified atom stereocenters. The maximum absolute atomic E-state index is 10.8. The maximum Gasteiger partial charge on any atom is 0.230 e. The Morgan fingerprint density at radius 3 is 2.73 bits per heavy atom. The highest BCUT2D eigenvalue weighted by atomic mass is 32.1. The minimum absolute atomic E-state index is 0.0442. The van der Waals surface area contributed by atoms with Crippen molar-refractivity contribution in [3.63, 3.8) is 0 Å². The van der Waals surface area contributed by atoms with Crippen LogP contribution in [-0.4, -0.2) is 31.4 Å². The first-order valence-corrected chi connectivity index (χ1v) is 4.27. The maximum atomic E-state index is 10.8. The van der Waals surface area contributed by atoms with Crippen molar-refractivity contribution in [1.82, 2.24) is 5.32 Å². The van der Waals surface area contributed by atoms with Crippen LogP contribution in [0.4, 0.5) is 0 Å². The second-order valence-corrected chi connectivity index (χ2v) is 2.60. The van der Waals surface area contributed by atoms with Crippen LogP contribution in [0.3, 0.4) is 0 Å². The molecule has 0 saturated heterocycles. The molecule has 1 amide bonds. The molecule has 0 radical (unpaired) electrons. The summed E-state index contributed by atoms with van der Waals surface area (Å²) < 4.78 is 4.90. The van der Waals surface area contributed by atoms with Gasteiger partial charge in [0.15, 0.2) is 0 Å². The van der Waals surface area contributed by atoms with E-state index in [1.165, 1.54) is 0 Å². The summed E-state index contributed by atoms with van der Waals surface area (Å²) in [6, 6.07) is 0.125. The zero-order valence-electron chi connectivity index (χ0n) is 6.96. The predicted molar refractivity (Wildman–Crippen MR) is 48.0 cm³/mol. The lowest BCUT2D eigenvalue weighted by Crippen LogP contribution is -2.38. The van der Waals surface area contributed by atoms with Gasteiger partial charge in [0.2, 0.25) is 5.91 Å². The van der Waals surface area contributed by atoms with Gasteiger partial charge in [-0.2, -0.15) is 12.6 Å². The van der Waals surface area contributed by atoms with E-state index in [0.717, 1.165) is 6.42 Å². The normalized spacial score (nSPS) is 12.6. The van der Waals surface area contributed by atoms with E-state index >= 15 is 0 Å². The van der Waals surface area contributed by atoms with Crippen LogP contribution in [0.15, 0.2) is 0 Å². The summed E-state index contributed by atoms with van der Waals surface area (Å²) >= 11 is 3.84. The van der Waals surface area contributed by atoms with Crippen molar-refractivity contribution in [2.24, 2.45) is 0 Å². The zero-order chi connectivity index (χ0) is 8.69. The first-order chi connectivity index (χ1) is 5.24. The summed E-state index contributed by atoms with van der Waals surface area (Å²) in [5.74, 6) is 0.192. The third-order valence-electron chi connectivity index (χ3n) is 1.37. The van der Waals surface area contributed by atoms with Crippen molar-refractivity contribution < 1.29 is 9.53 Å². The number of rotatable bonds is 5. The van der Waals surface area contributed by atoms with Crippen molar-refractivity contribution >= 4 is 18.5 Å². The topological polar surface area (TPSA) is 38.3 Å². The van der Waals surface area contributed by atoms with E-state index in [0.29, 0.717) is 6.61 Å². The lowest BCUT2D eigenvalue weighted by molar-refractivity contribution is -0.119. The van der Waals surface area contributed by atoms with Gasteiger partial charge in [0, 0.05) is 7.11 Å². The molecule has 0 spiro atoms. The molecule has 0 bridgehead atoms. The number of nitrogens with one attached hydrogen (secondary N) is 1. The molecule has 0 aliphatic rings. The van der Waals surface area contributed by atoms with Gasteiger partial charge in [0.25, 0.3) is 0 Å². The molecular weight excluding hydrogens is 162 g/mol. The van der Waals surface area contributed by atoms with Crippen molar-refractivity contribution in [2.45, 2.75) is 19.4 Å². The third kappa shape index (κ3) is 5.09. The lowest BCUT2D eigenvalue weighted by atomic mass is 10.2. The molecular formula is C7H15NO2S. The number of hydrogen-bond donors (Lipinski definition) is 2. The van der Waals surface area contributed by atoms with E-state index in [1.807, 2.05) is 6.92 Å². The number of carbonyl (C=O) groups excluding carboxylic acids is 1. The summed E-state index contributed by atoms with van der Waals surface area (Å²) in [6.45, 7) is 2.57. The standard InChI is InChI=1S/C7H15NO2S/c1-3-6(4-10-2)8-7(9)5-11/h6,11H,3-5H2,1-2H3,(H,8,9). The number of methoxy groups -OCH3 is 1. The summed E-state index contributed by atoms with van der Waals surface area (Å²) in [7, 11) is 1.62. The number of amides is 1. The summed E-state index contributed by atoms with van der Waals surface area (Å²) in [6.07, 6.45) is 0.882. The summed E-state index contributed by atoms with van der Waals surface area (Å²) in [5, 5.41) is 2.78. The summed E-state index contributed by atoms with van der Waals surface area (Å²) in [4.78, 5) is 10.8. The van der Waals surface area contributed by atoms with Gasteiger partial charge in [-0.3, -0.25) is 4.79 Å². The van der Waals surface area contributed by atoms with Gasteiger partial charge in [-0.25, -0.2) is 0 Å². The van der Waals surface area contributed by atoms with Gasteiger partial charge in [-0.15, -0.1) is 0 Å². The fraction of sp³-hybridized carbons (Fsp3) is 0.857. The fourth-order valence-corrected chi connectivity index (χ4v) is 0.827. The van der Waals surface area contributed by atoms with E-state index in [1.54, 1.807) is 7.11 Å².